The van der Waals surface area contributed by atoms with Gasteiger partial charge in [0.15, 0.2) is 0 Å². The molecular weight excluding hydrogens is 292 g/mol. The van der Waals surface area contributed by atoms with E-state index in [0.29, 0.717) is 5.56 Å². The minimum atomic E-state index is -0.476. The van der Waals surface area contributed by atoms with Crippen LogP contribution in [0.2, 0.25) is 0 Å². The van der Waals surface area contributed by atoms with Crippen molar-refractivity contribution in [2.45, 2.75) is 50.1 Å². The molecule has 2 aliphatic heterocycles. The molecule has 2 bridgehead atoms. The smallest absolute Gasteiger partial charge is 0.282 e. The molecule has 1 aromatic carbocycles. The SMILES string of the molecule is Cc1cccc([N+](=O)[O-])c1C(=O)N1C2CCC1CC(Cl)C2. The zero-order chi connectivity index (χ0) is 15.1. The maximum absolute atomic E-state index is 12.9. The van der Waals surface area contributed by atoms with Crippen LogP contribution in [-0.2, 0) is 0 Å². The number of piperidine rings is 1. The number of fused-ring (bicyclic) bond motifs is 2. The number of benzene rings is 1. The second-order valence-corrected chi connectivity index (χ2v) is 6.51. The lowest BCUT2D eigenvalue weighted by Crippen LogP contribution is -2.47. The average molecular weight is 309 g/mol. The summed E-state index contributed by atoms with van der Waals surface area (Å²) >= 11 is 6.23. The van der Waals surface area contributed by atoms with E-state index in [1.807, 2.05) is 4.90 Å². The van der Waals surface area contributed by atoms with Crippen LogP contribution >= 0.6 is 11.6 Å². The van der Waals surface area contributed by atoms with E-state index in [9.17, 15) is 14.9 Å². The highest BCUT2D eigenvalue weighted by atomic mass is 35.5. The Morgan fingerprint density at radius 1 is 1.33 bits per heavy atom. The third kappa shape index (κ3) is 2.39. The monoisotopic (exact) mass is 308 g/mol. The van der Waals surface area contributed by atoms with Gasteiger partial charge in [0, 0.05) is 23.5 Å². The van der Waals surface area contributed by atoms with Gasteiger partial charge in [-0.05, 0) is 38.2 Å². The molecule has 1 aromatic rings. The first-order valence-corrected chi connectivity index (χ1v) is 7.63. The van der Waals surface area contributed by atoms with Crippen LogP contribution in [0, 0.1) is 17.0 Å². The number of nitro benzene ring substituents is 1. The Labute approximate surface area is 128 Å². The predicted octanol–water partition coefficient (Wildman–Crippen LogP) is 3.28. The van der Waals surface area contributed by atoms with Crippen LogP contribution in [0.25, 0.3) is 0 Å². The van der Waals surface area contributed by atoms with Crippen molar-refractivity contribution in [3.8, 4) is 0 Å². The minimum Gasteiger partial charge on any atom is -0.332 e. The molecule has 21 heavy (non-hydrogen) atoms. The molecule has 0 aromatic heterocycles. The van der Waals surface area contributed by atoms with Crippen LogP contribution in [0.3, 0.4) is 0 Å². The molecule has 6 heteroatoms. The molecule has 2 atom stereocenters. The molecule has 2 aliphatic rings. The number of amides is 1. The average Bonchev–Trinajstić information content (AvgIpc) is 2.70. The van der Waals surface area contributed by atoms with E-state index in [2.05, 4.69) is 0 Å². The number of nitro groups is 1. The molecule has 2 saturated heterocycles. The van der Waals surface area contributed by atoms with Crippen molar-refractivity contribution >= 4 is 23.2 Å². The lowest BCUT2D eigenvalue weighted by atomic mass is 9.98. The molecule has 0 N–H and O–H groups in total. The summed E-state index contributed by atoms with van der Waals surface area (Å²) in [5, 5.41) is 11.3. The lowest BCUT2D eigenvalue weighted by Gasteiger charge is -2.37. The number of hydrogen-bond donors (Lipinski definition) is 0. The number of carbonyl (C=O) groups excluding carboxylic acids is 1. The third-order valence-corrected chi connectivity index (χ3v) is 4.93. The molecule has 2 unspecified atom stereocenters. The summed E-state index contributed by atoms with van der Waals surface area (Å²) in [4.78, 5) is 25.5. The molecule has 3 rings (SSSR count). The fourth-order valence-corrected chi connectivity index (χ4v) is 4.07. The van der Waals surface area contributed by atoms with E-state index in [0.717, 1.165) is 25.7 Å². The molecule has 0 saturated carbocycles. The minimum absolute atomic E-state index is 0.104. The van der Waals surface area contributed by atoms with Crippen molar-refractivity contribution in [1.29, 1.82) is 0 Å². The van der Waals surface area contributed by atoms with E-state index in [1.54, 1.807) is 19.1 Å². The second kappa shape index (κ2) is 5.30. The van der Waals surface area contributed by atoms with Gasteiger partial charge in [-0.2, -0.15) is 0 Å². The van der Waals surface area contributed by atoms with Gasteiger partial charge in [-0.15, -0.1) is 11.6 Å². The Hall–Kier alpha value is -1.62. The molecular formula is C15H17ClN2O3. The van der Waals surface area contributed by atoms with E-state index in [1.165, 1.54) is 6.07 Å². The first-order valence-electron chi connectivity index (χ1n) is 7.19. The van der Waals surface area contributed by atoms with Crippen LogP contribution in [0.15, 0.2) is 18.2 Å². The van der Waals surface area contributed by atoms with Gasteiger partial charge in [-0.1, -0.05) is 12.1 Å². The Bertz CT molecular complexity index is 591. The van der Waals surface area contributed by atoms with E-state index >= 15 is 0 Å². The first kappa shape index (κ1) is 14.3. The van der Waals surface area contributed by atoms with Crippen LogP contribution in [-0.4, -0.2) is 33.2 Å². The van der Waals surface area contributed by atoms with Crippen LogP contribution in [0.1, 0.15) is 41.6 Å². The summed E-state index contributed by atoms with van der Waals surface area (Å²) in [7, 11) is 0. The predicted molar refractivity (Wildman–Crippen MR) is 79.7 cm³/mol. The van der Waals surface area contributed by atoms with Crippen molar-refractivity contribution in [2.75, 3.05) is 0 Å². The highest BCUT2D eigenvalue weighted by Crippen LogP contribution is 2.39. The fraction of sp³-hybridized carbons (Fsp3) is 0.533. The topological polar surface area (TPSA) is 63.5 Å². The molecule has 0 aliphatic carbocycles. The van der Waals surface area contributed by atoms with Gasteiger partial charge in [0.2, 0.25) is 0 Å². The standard InChI is InChI=1S/C15H17ClN2O3/c1-9-3-2-4-13(18(20)21)14(9)15(19)17-11-5-6-12(17)8-10(16)7-11/h2-4,10-12H,5-8H2,1H3. The molecule has 0 radical (unpaired) electrons. The molecule has 112 valence electrons. The van der Waals surface area contributed by atoms with Gasteiger partial charge in [-0.25, -0.2) is 0 Å². The Morgan fingerprint density at radius 3 is 2.52 bits per heavy atom. The normalized spacial score (nSPS) is 27.7. The van der Waals surface area contributed by atoms with E-state index < -0.39 is 4.92 Å². The summed E-state index contributed by atoms with van der Waals surface area (Å²) in [5.74, 6) is -0.212. The number of nitrogens with zero attached hydrogens (tertiary/aromatic N) is 2. The molecule has 1 amide bonds. The number of halogens is 1. The van der Waals surface area contributed by atoms with Gasteiger partial charge < -0.3 is 4.90 Å². The van der Waals surface area contributed by atoms with Crippen molar-refractivity contribution in [3.05, 3.63) is 39.4 Å². The van der Waals surface area contributed by atoms with Crippen molar-refractivity contribution in [2.24, 2.45) is 0 Å². The highest BCUT2D eigenvalue weighted by Gasteiger charge is 2.44. The maximum atomic E-state index is 12.9. The maximum Gasteiger partial charge on any atom is 0.282 e. The van der Waals surface area contributed by atoms with Crippen LogP contribution in [0.5, 0.6) is 0 Å². The summed E-state index contributed by atoms with van der Waals surface area (Å²) in [6.07, 6.45) is 3.45. The van der Waals surface area contributed by atoms with Gasteiger partial charge in [0.05, 0.1) is 4.92 Å². The van der Waals surface area contributed by atoms with Gasteiger partial charge in [-0.3, -0.25) is 14.9 Å². The molecule has 2 heterocycles. The largest absolute Gasteiger partial charge is 0.332 e. The quantitative estimate of drug-likeness (QED) is 0.478. The van der Waals surface area contributed by atoms with E-state index in [4.69, 9.17) is 11.6 Å². The second-order valence-electron chi connectivity index (χ2n) is 5.89. The fourth-order valence-electron chi connectivity index (χ4n) is 3.65. The molecule has 2 fully saturated rings. The zero-order valence-electron chi connectivity index (χ0n) is 11.8. The Balaban J connectivity index is 1.99. The number of rotatable bonds is 2. The number of hydrogen-bond acceptors (Lipinski definition) is 3. The van der Waals surface area contributed by atoms with Crippen molar-refractivity contribution < 1.29 is 9.72 Å². The van der Waals surface area contributed by atoms with Gasteiger partial charge in [0.25, 0.3) is 11.6 Å². The number of aryl methyl sites for hydroxylation is 1. The summed E-state index contributed by atoms with van der Waals surface area (Å²) < 4.78 is 0. The van der Waals surface area contributed by atoms with Crippen molar-refractivity contribution in [1.82, 2.24) is 4.90 Å². The number of alkyl halides is 1. The lowest BCUT2D eigenvalue weighted by molar-refractivity contribution is -0.385. The molecule has 5 nitrogen and oxygen atoms in total. The highest BCUT2D eigenvalue weighted by molar-refractivity contribution is 6.20. The van der Waals surface area contributed by atoms with Crippen LogP contribution < -0.4 is 0 Å². The number of carbonyl (C=O) groups is 1. The van der Waals surface area contributed by atoms with Crippen molar-refractivity contribution in [3.63, 3.8) is 0 Å². The first-order chi connectivity index (χ1) is 9.99. The summed E-state index contributed by atoms with van der Waals surface area (Å²) in [6.45, 7) is 1.75. The Morgan fingerprint density at radius 2 is 1.95 bits per heavy atom. The van der Waals surface area contributed by atoms with E-state index in [-0.39, 0.29) is 34.6 Å². The van der Waals surface area contributed by atoms with Gasteiger partial charge >= 0.3 is 0 Å². The summed E-state index contributed by atoms with van der Waals surface area (Å²) in [6, 6.07) is 5.01. The van der Waals surface area contributed by atoms with Crippen LogP contribution in [0.4, 0.5) is 5.69 Å². The molecule has 0 spiro atoms. The third-order valence-electron chi connectivity index (χ3n) is 4.57. The summed E-state index contributed by atoms with van der Waals surface area (Å²) in [5.41, 5.74) is 0.779. The zero-order valence-corrected chi connectivity index (χ0v) is 12.5. The van der Waals surface area contributed by atoms with Gasteiger partial charge in [0.1, 0.15) is 5.56 Å². The Kier molecular flexibility index (Phi) is 3.61.